The Morgan fingerprint density at radius 1 is 1.19 bits per heavy atom. The molecular formula is C11H21F3N2O3SSi. The molecule has 0 fully saturated rings. The minimum Gasteiger partial charge on any atom is -0.741 e. The van der Waals surface area contributed by atoms with E-state index >= 15 is 0 Å². The highest BCUT2D eigenvalue weighted by molar-refractivity contribution is 7.86. The van der Waals surface area contributed by atoms with Crippen molar-refractivity contribution < 1.29 is 30.7 Å². The molecule has 1 aromatic heterocycles. The molecular weight excluding hydrogens is 325 g/mol. The maximum atomic E-state index is 10.7. The van der Waals surface area contributed by atoms with Gasteiger partial charge in [-0.05, 0) is 0 Å². The van der Waals surface area contributed by atoms with E-state index in [0.717, 1.165) is 0 Å². The van der Waals surface area contributed by atoms with Crippen LogP contribution in [0.15, 0.2) is 0 Å². The van der Waals surface area contributed by atoms with Gasteiger partial charge in [0.05, 0.1) is 14.1 Å². The summed E-state index contributed by atoms with van der Waals surface area (Å²) in [6, 6.07) is 0. The number of hydrogen-bond acceptors (Lipinski definition) is 3. The molecule has 0 N–H and O–H groups in total. The van der Waals surface area contributed by atoms with Gasteiger partial charge in [-0.25, -0.2) is 17.6 Å². The molecule has 21 heavy (non-hydrogen) atoms. The van der Waals surface area contributed by atoms with Gasteiger partial charge in [0.25, 0.3) is 0 Å². The lowest BCUT2D eigenvalue weighted by Gasteiger charge is -2.11. The smallest absolute Gasteiger partial charge is 0.485 e. The fourth-order valence-electron chi connectivity index (χ4n) is 2.03. The monoisotopic (exact) mass is 346 g/mol. The molecule has 0 saturated heterocycles. The third-order valence-electron chi connectivity index (χ3n) is 3.12. The molecule has 0 amide bonds. The molecule has 0 atom stereocenters. The van der Waals surface area contributed by atoms with Crippen LogP contribution in [-0.2, 0) is 24.2 Å². The third kappa shape index (κ3) is 4.82. The van der Waals surface area contributed by atoms with Crippen LogP contribution in [0.5, 0.6) is 0 Å². The van der Waals surface area contributed by atoms with Crippen LogP contribution in [0.2, 0.25) is 19.6 Å². The lowest BCUT2D eigenvalue weighted by atomic mass is 10.4. The molecule has 0 spiro atoms. The Labute approximate surface area is 124 Å². The summed E-state index contributed by atoms with van der Waals surface area (Å²) in [4.78, 5) is 0. The molecule has 0 aliphatic carbocycles. The van der Waals surface area contributed by atoms with Crippen LogP contribution in [0.4, 0.5) is 13.2 Å². The van der Waals surface area contributed by atoms with Crippen LogP contribution in [-0.4, -0.2) is 31.1 Å². The van der Waals surface area contributed by atoms with Crippen molar-refractivity contribution in [3.8, 4) is 0 Å². The second-order valence-electron chi connectivity index (χ2n) is 5.76. The van der Waals surface area contributed by atoms with Crippen LogP contribution >= 0.6 is 0 Å². The molecule has 0 aliphatic rings. The fraction of sp³-hybridized carbons (Fsp3) is 0.727. The highest BCUT2D eigenvalue weighted by atomic mass is 32.2. The molecule has 0 unspecified atom stereocenters. The maximum absolute atomic E-state index is 10.7. The number of nitrogens with zero attached hydrogens (tertiary/aromatic N) is 2. The highest BCUT2D eigenvalue weighted by Crippen LogP contribution is 2.20. The van der Waals surface area contributed by atoms with Gasteiger partial charge < -0.3 is 4.55 Å². The predicted octanol–water partition coefficient (Wildman–Crippen LogP) is 1.06. The first-order valence-electron chi connectivity index (χ1n) is 6.06. The lowest BCUT2D eigenvalue weighted by molar-refractivity contribution is -0.659. The Kier molecular flexibility index (Phi) is 5.84. The van der Waals surface area contributed by atoms with Gasteiger partial charge in [0.15, 0.2) is 18.2 Å². The largest absolute Gasteiger partial charge is 0.741 e. The summed E-state index contributed by atoms with van der Waals surface area (Å²) in [5.74, 6) is 0. The number of imidazole rings is 1. The molecule has 10 heteroatoms. The van der Waals surface area contributed by atoms with Crippen molar-refractivity contribution in [2.45, 2.75) is 39.0 Å². The molecule has 1 aromatic rings. The molecule has 0 radical (unpaired) electrons. The molecule has 0 aliphatic heterocycles. The topological polar surface area (TPSA) is 66.0 Å². The van der Waals surface area contributed by atoms with Gasteiger partial charge >= 0.3 is 5.51 Å². The molecule has 0 saturated carbocycles. The van der Waals surface area contributed by atoms with E-state index in [4.69, 9.17) is 13.0 Å². The van der Waals surface area contributed by atoms with Crippen molar-refractivity contribution in [1.82, 2.24) is 4.57 Å². The molecule has 1 heterocycles. The molecule has 0 aromatic carbocycles. The molecule has 5 nitrogen and oxygen atoms in total. The number of alkyl halides is 3. The van der Waals surface area contributed by atoms with E-state index < -0.39 is 23.7 Å². The summed E-state index contributed by atoms with van der Waals surface area (Å²) in [5, 5.41) is 0. The average molecular weight is 346 g/mol. The Bertz CT molecular complexity index is 591. The summed E-state index contributed by atoms with van der Waals surface area (Å²) in [7, 11) is -2.94. The zero-order chi connectivity index (χ0) is 17.4. The van der Waals surface area contributed by atoms with Gasteiger partial charge in [-0.2, -0.15) is 13.2 Å². The average Bonchev–Trinajstić information content (AvgIpc) is 2.40. The van der Waals surface area contributed by atoms with Crippen LogP contribution < -0.4 is 10.0 Å². The second-order valence-corrected chi connectivity index (χ2v) is 12.1. The van der Waals surface area contributed by atoms with E-state index in [2.05, 4.69) is 56.7 Å². The highest BCUT2D eigenvalue weighted by Gasteiger charge is 2.37. The van der Waals surface area contributed by atoms with Crippen molar-refractivity contribution in [3.05, 3.63) is 11.4 Å². The Morgan fingerprint density at radius 2 is 1.52 bits per heavy atom. The molecule has 124 valence electrons. The standard InChI is InChI=1S/C10H21N2Si.CHF3O3S/c1-8-9(2)12(4)10(11(8)3)13(5,6)7;2-1(3,4)8(5,6)7/h1-7H3;(H,5,6,7)/q+1;/p-1. The van der Waals surface area contributed by atoms with E-state index in [-0.39, 0.29) is 0 Å². The minimum absolute atomic E-state index is 1.21. The third-order valence-corrected chi connectivity index (χ3v) is 5.70. The fourth-order valence-corrected chi connectivity index (χ4v) is 4.38. The van der Waals surface area contributed by atoms with Crippen LogP contribution in [0.25, 0.3) is 0 Å². The molecule has 0 bridgehead atoms. The lowest BCUT2D eigenvalue weighted by Crippen LogP contribution is -2.60. The Hall–Kier alpha value is -0.873. The van der Waals surface area contributed by atoms with Gasteiger partial charge in [-0.15, -0.1) is 0 Å². The van der Waals surface area contributed by atoms with E-state index in [1.54, 1.807) is 0 Å². The van der Waals surface area contributed by atoms with Gasteiger partial charge in [-0.3, -0.25) is 0 Å². The summed E-state index contributed by atoms with van der Waals surface area (Å²) in [5.41, 5.74) is -1.35. The predicted molar refractivity (Wildman–Crippen MR) is 74.8 cm³/mol. The SMILES string of the molecule is Cc1c(C)[n+](C)c([Si](C)(C)C)n1C.O=S(=O)([O-])C(F)(F)F. The first-order valence-corrected chi connectivity index (χ1v) is 11.0. The van der Waals surface area contributed by atoms with E-state index in [9.17, 15) is 13.2 Å². The maximum Gasteiger partial charge on any atom is 0.485 e. The summed E-state index contributed by atoms with van der Waals surface area (Å²) >= 11 is 0. The van der Waals surface area contributed by atoms with Crippen LogP contribution in [0.3, 0.4) is 0 Å². The van der Waals surface area contributed by atoms with Crippen molar-refractivity contribution in [1.29, 1.82) is 0 Å². The van der Waals surface area contributed by atoms with Gasteiger partial charge in [0, 0.05) is 13.8 Å². The van der Waals surface area contributed by atoms with Crippen molar-refractivity contribution in [2.75, 3.05) is 0 Å². The summed E-state index contributed by atoms with van der Waals surface area (Å²) < 4.78 is 63.6. The Morgan fingerprint density at radius 3 is 1.62 bits per heavy atom. The number of halogens is 3. The van der Waals surface area contributed by atoms with Gasteiger partial charge in [-0.1, -0.05) is 19.6 Å². The first kappa shape index (κ1) is 20.1. The van der Waals surface area contributed by atoms with Crippen molar-refractivity contribution >= 4 is 23.6 Å². The van der Waals surface area contributed by atoms with Gasteiger partial charge in [0.1, 0.15) is 11.4 Å². The van der Waals surface area contributed by atoms with Crippen molar-refractivity contribution in [3.63, 3.8) is 0 Å². The van der Waals surface area contributed by atoms with Crippen molar-refractivity contribution in [2.24, 2.45) is 14.1 Å². The zero-order valence-corrected chi connectivity index (χ0v) is 15.0. The van der Waals surface area contributed by atoms with E-state index in [0.29, 0.717) is 0 Å². The van der Waals surface area contributed by atoms with E-state index in [1.165, 1.54) is 16.8 Å². The van der Waals surface area contributed by atoms with Crippen LogP contribution in [0, 0.1) is 13.8 Å². The van der Waals surface area contributed by atoms with Crippen LogP contribution in [0.1, 0.15) is 11.4 Å². The van der Waals surface area contributed by atoms with Gasteiger partial charge in [0.2, 0.25) is 5.45 Å². The normalized spacial score (nSPS) is 12.9. The summed E-state index contributed by atoms with van der Waals surface area (Å²) in [6.07, 6.45) is 0. The summed E-state index contributed by atoms with van der Waals surface area (Å²) in [6.45, 7) is 11.6. The van der Waals surface area contributed by atoms with E-state index in [1.807, 2.05) is 0 Å². The quantitative estimate of drug-likeness (QED) is 0.331. The Balaban J connectivity index is 0.000000433. The number of aromatic nitrogens is 2. The molecule has 1 rings (SSSR count). The second kappa shape index (κ2) is 6.09. The zero-order valence-electron chi connectivity index (χ0n) is 13.2. The minimum atomic E-state index is -6.09. The number of hydrogen-bond donors (Lipinski definition) is 0. The first-order chi connectivity index (χ1) is 9.01. The number of rotatable bonds is 1.